The van der Waals surface area contributed by atoms with E-state index in [0.717, 1.165) is 11.8 Å². The first-order chi connectivity index (χ1) is 9.40. The number of nitrogens with two attached hydrogens (primary N) is 1. The van der Waals surface area contributed by atoms with Crippen LogP contribution >= 0.6 is 22.7 Å². The predicted molar refractivity (Wildman–Crippen MR) is 76.4 cm³/mol. The Hall–Kier alpha value is -1.56. The number of nitrogens with one attached hydrogen (secondary N) is 1. The Kier molecular flexibility index (Phi) is 4.32. The minimum Gasteiger partial charge on any atom is -0.385 e. The van der Waals surface area contributed by atoms with Gasteiger partial charge in [-0.2, -0.15) is 0 Å². The van der Waals surface area contributed by atoms with E-state index in [1.54, 1.807) is 5.51 Å². The molecular formula is C9H10N4O4S3. The van der Waals surface area contributed by atoms with E-state index in [1.165, 1.54) is 11.3 Å². The molecule has 0 spiro atoms. The molecule has 0 aliphatic heterocycles. The molecule has 2 heterocycles. The molecule has 2 rings (SSSR count). The van der Waals surface area contributed by atoms with E-state index in [-0.39, 0.29) is 15.8 Å². The van der Waals surface area contributed by atoms with Crippen molar-refractivity contribution < 1.29 is 13.3 Å². The monoisotopic (exact) mass is 334 g/mol. The number of hydrogen-bond acceptors (Lipinski definition) is 8. The van der Waals surface area contributed by atoms with Crippen LogP contribution in [0.4, 0.5) is 10.7 Å². The Labute approximate surface area is 122 Å². The molecule has 2 aromatic heterocycles. The van der Waals surface area contributed by atoms with Gasteiger partial charge in [-0.3, -0.25) is 10.1 Å². The summed E-state index contributed by atoms with van der Waals surface area (Å²) < 4.78 is 26.1. The van der Waals surface area contributed by atoms with Gasteiger partial charge >= 0.3 is 5.69 Å². The molecule has 0 radical (unpaired) electrons. The number of nitrogens with zero attached hydrogens (tertiary/aromatic N) is 2. The number of sulfonamides is 1. The highest BCUT2D eigenvalue weighted by Gasteiger charge is 2.24. The van der Waals surface area contributed by atoms with Crippen LogP contribution in [0, 0.1) is 10.1 Å². The SMILES string of the molecule is Nc1sc(S(=O)(=O)NCCc2cscn2)cc1[N+](=O)[O-]. The van der Waals surface area contributed by atoms with Gasteiger partial charge in [0.1, 0.15) is 4.21 Å². The second kappa shape index (κ2) is 5.83. The van der Waals surface area contributed by atoms with Crippen LogP contribution in [-0.4, -0.2) is 24.9 Å². The molecule has 3 N–H and O–H groups in total. The molecule has 8 nitrogen and oxygen atoms in total. The number of anilines is 1. The van der Waals surface area contributed by atoms with Crippen molar-refractivity contribution in [3.8, 4) is 0 Å². The predicted octanol–water partition coefficient (Wildman–Crippen LogP) is 1.22. The van der Waals surface area contributed by atoms with Gasteiger partial charge in [-0.05, 0) is 0 Å². The number of thiazole rings is 1. The number of nitrogen functional groups attached to an aromatic ring is 1. The minimum absolute atomic E-state index is 0.130. The second-order valence-corrected chi connectivity index (χ2v) is 7.50. The molecule has 2 aromatic rings. The fourth-order valence-electron chi connectivity index (χ4n) is 1.39. The zero-order valence-electron chi connectivity index (χ0n) is 9.98. The molecule has 20 heavy (non-hydrogen) atoms. The third-order valence-corrected chi connectivity index (χ3v) is 5.86. The Morgan fingerprint density at radius 1 is 1.50 bits per heavy atom. The number of rotatable bonds is 6. The van der Waals surface area contributed by atoms with Crippen LogP contribution < -0.4 is 10.5 Å². The lowest BCUT2D eigenvalue weighted by atomic mass is 10.3. The molecule has 0 bridgehead atoms. The highest BCUT2D eigenvalue weighted by atomic mass is 32.2. The summed E-state index contributed by atoms with van der Waals surface area (Å²) in [5.41, 5.74) is 7.47. The van der Waals surface area contributed by atoms with E-state index in [4.69, 9.17) is 5.73 Å². The van der Waals surface area contributed by atoms with Crippen LogP contribution in [0.15, 0.2) is 21.2 Å². The first kappa shape index (κ1) is 14.8. The highest BCUT2D eigenvalue weighted by molar-refractivity contribution is 7.91. The number of nitro groups is 1. The molecular weight excluding hydrogens is 324 g/mol. The van der Waals surface area contributed by atoms with Gasteiger partial charge in [0.15, 0.2) is 5.00 Å². The fourth-order valence-corrected chi connectivity index (χ4v) is 4.28. The van der Waals surface area contributed by atoms with E-state index >= 15 is 0 Å². The average molecular weight is 334 g/mol. The maximum atomic E-state index is 12.0. The summed E-state index contributed by atoms with van der Waals surface area (Å²) in [6.45, 7) is 0.164. The van der Waals surface area contributed by atoms with E-state index < -0.39 is 20.6 Å². The molecule has 0 saturated carbocycles. The molecule has 0 aliphatic carbocycles. The van der Waals surface area contributed by atoms with E-state index in [9.17, 15) is 18.5 Å². The van der Waals surface area contributed by atoms with E-state index in [0.29, 0.717) is 17.8 Å². The zero-order valence-corrected chi connectivity index (χ0v) is 12.4. The van der Waals surface area contributed by atoms with Gasteiger partial charge in [0, 0.05) is 24.4 Å². The van der Waals surface area contributed by atoms with Crippen molar-refractivity contribution in [3.63, 3.8) is 0 Å². The molecule has 0 aliphatic rings. The smallest absolute Gasteiger partial charge is 0.304 e. The normalized spacial score (nSPS) is 11.6. The first-order valence-corrected chi connectivity index (χ1v) is 8.55. The summed E-state index contributed by atoms with van der Waals surface area (Å²) in [4.78, 5) is 14.0. The lowest BCUT2D eigenvalue weighted by Crippen LogP contribution is -2.25. The molecule has 0 unspecified atom stereocenters. The van der Waals surface area contributed by atoms with E-state index in [2.05, 4.69) is 9.71 Å². The summed E-state index contributed by atoms with van der Waals surface area (Å²) in [5.74, 6) is 0. The van der Waals surface area contributed by atoms with Crippen LogP contribution in [0.2, 0.25) is 0 Å². The Bertz CT molecular complexity index is 708. The standard InChI is InChI=1S/C9H10N4O4S3/c10-9-7(13(14)15)3-8(19-9)20(16,17)12-2-1-6-4-18-5-11-6/h3-5,12H,1-2,10H2. The molecule has 0 amide bonds. The highest BCUT2D eigenvalue weighted by Crippen LogP contribution is 2.34. The molecule has 11 heteroatoms. The van der Waals surface area contributed by atoms with Crippen molar-refractivity contribution in [2.24, 2.45) is 0 Å². The summed E-state index contributed by atoms with van der Waals surface area (Å²) >= 11 is 2.09. The summed E-state index contributed by atoms with van der Waals surface area (Å²) in [7, 11) is -3.79. The third-order valence-electron chi connectivity index (χ3n) is 2.34. The maximum absolute atomic E-state index is 12.0. The van der Waals surface area contributed by atoms with Crippen molar-refractivity contribution in [2.75, 3.05) is 12.3 Å². The van der Waals surface area contributed by atoms with Crippen LogP contribution in [0.5, 0.6) is 0 Å². The summed E-state index contributed by atoms with van der Waals surface area (Å²) in [6.07, 6.45) is 0.450. The van der Waals surface area contributed by atoms with Gasteiger partial charge in [-0.15, -0.1) is 11.3 Å². The van der Waals surface area contributed by atoms with Crippen LogP contribution in [0.1, 0.15) is 5.69 Å². The van der Waals surface area contributed by atoms with Gasteiger partial charge in [0.2, 0.25) is 10.0 Å². The Balaban J connectivity index is 2.06. The second-order valence-electron chi connectivity index (χ2n) is 3.70. The topological polar surface area (TPSA) is 128 Å². The molecule has 0 atom stereocenters. The van der Waals surface area contributed by atoms with Gasteiger partial charge < -0.3 is 5.73 Å². The number of thiophene rings is 1. The molecule has 0 fully saturated rings. The average Bonchev–Trinajstić information content (AvgIpc) is 2.98. The van der Waals surface area contributed by atoms with Crippen LogP contribution in [0.3, 0.4) is 0 Å². The molecule has 0 aromatic carbocycles. The summed E-state index contributed by atoms with van der Waals surface area (Å²) in [5, 5.41) is 12.3. The van der Waals surface area contributed by atoms with Crippen molar-refractivity contribution in [2.45, 2.75) is 10.6 Å². The van der Waals surface area contributed by atoms with Crippen molar-refractivity contribution >= 4 is 43.4 Å². The maximum Gasteiger partial charge on any atom is 0.304 e. The largest absolute Gasteiger partial charge is 0.385 e. The number of hydrogen-bond donors (Lipinski definition) is 2. The Morgan fingerprint density at radius 2 is 2.25 bits per heavy atom. The quantitative estimate of drug-likeness (QED) is 0.603. The van der Waals surface area contributed by atoms with Gasteiger partial charge in [-0.25, -0.2) is 18.1 Å². The van der Waals surface area contributed by atoms with Crippen LogP contribution in [0.25, 0.3) is 0 Å². The van der Waals surface area contributed by atoms with Crippen LogP contribution in [-0.2, 0) is 16.4 Å². The zero-order chi connectivity index (χ0) is 14.8. The summed E-state index contributed by atoms with van der Waals surface area (Å²) in [6, 6.07) is 0.963. The molecule has 108 valence electrons. The fraction of sp³-hybridized carbons (Fsp3) is 0.222. The lowest BCUT2D eigenvalue weighted by molar-refractivity contribution is -0.383. The van der Waals surface area contributed by atoms with E-state index in [1.807, 2.05) is 5.38 Å². The third kappa shape index (κ3) is 3.30. The van der Waals surface area contributed by atoms with Crippen molar-refractivity contribution in [1.29, 1.82) is 0 Å². The first-order valence-electron chi connectivity index (χ1n) is 5.30. The Morgan fingerprint density at radius 3 is 2.80 bits per heavy atom. The molecule has 0 saturated heterocycles. The number of aromatic nitrogens is 1. The van der Waals surface area contributed by atoms with Gasteiger partial charge in [0.05, 0.1) is 16.1 Å². The van der Waals surface area contributed by atoms with Gasteiger partial charge in [-0.1, -0.05) is 11.3 Å². The lowest BCUT2D eigenvalue weighted by Gasteiger charge is -2.02. The van der Waals surface area contributed by atoms with Gasteiger partial charge in [0.25, 0.3) is 0 Å². The minimum atomic E-state index is -3.79. The van der Waals surface area contributed by atoms with Crippen molar-refractivity contribution in [3.05, 3.63) is 32.8 Å². The van der Waals surface area contributed by atoms with Crippen molar-refractivity contribution in [1.82, 2.24) is 9.71 Å².